The largest absolute Gasteiger partial charge is 0.494 e. The molecule has 0 spiro atoms. The lowest BCUT2D eigenvalue weighted by molar-refractivity contribution is 0.177. The molecule has 0 aliphatic carbocycles. The van der Waals surface area contributed by atoms with E-state index in [9.17, 15) is 12.8 Å². The van der Waals surface area contributed by atoms with E-state index in [1.807, 2.05) is 0 Å². The van der Waals surface area contributed by atoms with E-state index in [-0.39, 0.29) is 23.2 Å². The third-order valence-electron chi connectivity index (χ3n) is 3.76. The van der Waals surface area contributed by atoms with E-state index in [2.05, 4.69) is 4.90 Å². The van der Waals surface area contributed by atoms with Crippen LogP contribution in [0, 0.1) is 11.7 Å². The van der Waals surface area contributed by atoms with Gasteiger partial charge >= 0.3 is 0 Å². The molecule has 4 nitrogen and oxygen atoms in total. The number of hydrogen-bond acceptors (Lipinski definition) is 4. The highest BCUT2D eigenvalue weighted by Gasteiger charge is 2.23. The molecule has 0 saturated carbocycles. The molecular formula is C15H22FNO3S. The lowest BCUT2D eigenvalue weighted by Crippen LogP contribution is -2.37. The van der Waals surface area contributed by atoms with Crippen molar-refractivity contribution in [3.63, 3.8) is 0 Å². The van der Waals surface area contributed by atoms with Gasteiger partial charge in [0.05, 0.1) is 12.9 Å². The molecule has 0 radical (unpaired) electrons. The predicted octanol–water partition coefficient (Wildman–Crippen LogP) is 2.09. The fourth-order valence-corrected chi connectivity index (χ4v) is 4.05. The summed E-state index contributed by atoms with van der Waals surface area (Å²) in [5.74, 6) is 0.319. The Morgan fingerprint density at radius 3 is 2.86 bits per heavy atom. The van der Waals surface area contributed by atoms with Crippen molar-refractivity contribution in [3.05, 3.63) is 29.6 Å². The molecule has 1 heterocycles. The Morgan fingerprint density at radius 2 is 2.19 bits per heavy atom. The van der Waals surface area contributed by atoms with E-state index in [1.54, 1.807) is 12.1 Å². The van der Waals surface area contributed by atoms with Crippen molar-refractivity contribution in [1.82, 2.24) is 4.90 Å². The maximum atomic E-state index is 13.4. The summed E-state index contributed by atoms with van der Waals surface area (Å²) < 4.78 is 41.2. The Hall–Kier alpha value is -1.14. The third kappa shape index (κ3) is 4.97. The van der Waals surface area contributed by atoms with Crippen LogP contribution < -0.4 is 4.74 Å². The molecule has 118 valence electrons. The molecule has 21 heavy (non-hydrogen) atoms. The Morgan fingerprint density at radius 1 is 1.43 bits per heavy atom. The van der Waals surface area contributed by atoms with Gasteiger partial charge in [-0.2, -0.15) is 0 Å². The van der Waals surface area contributed by atoms with E-state index >= 15 is 0 Å². The van der Waals surface area contributed by atoms with Crippen LogP contribution in [0.2, 0.25) is 0 Å². The van der Waals surface area contributed by atoms with E-state index in [1.165, 1.54) is 19.4 Å². The molecule has 1 atom stereocenters. The topological polar surface area (TPSA) is 46.6 Å². The summed E-state index contributed by atoms with van der Waals surface area (Å²) in [6.45, 7) is 2.41. The number of piperidine rings is 1. The Bertz CT molecular complexity index is 589. The molecule has 1 aliphatic rings. The van der Waals surface area contributed by atoms with Gasteiger partial charge in [0, 0.05) is 19.3 Å². The minimum Gasteiger partial charge on any atom is -0.494 e. The van der Waals surface area contributed by atoms with Gasteiger partial charge < -0.3 is 4.74 Å². The van der Waals surface area contributed by atoms with Crippen LogP contribution >= 0.6 is 0 Å². The van der Waals surface area contributed by atoms with Crippen LogP contribution in [0.1, 0.15) is 18.4 Å². The summed E-state index contributed by atoms with van der Waals surface area (Å²) in [5, 5.41) is 0. The molecule has 0 aromatic heterocycles. The molecular weight excluding hydrogens is 293 g/mol. The summed E-state index contributed by atoms with van der Waals surface area (Å²) >= 11 is 0. The van der Waals surface area contributed by atoms with Gasteiger partial charge in [0.2, 0.25) is 0 Å². The first-order valence-electron chi connectivity index (χ1n) is 7.10. The average Bonchev–Trinajstić information content (AvgIpc) is 2.39. The maximum absolute atomic E-state index is 13.4. The van der Waals surface area contributed by atoms with Crippen molar-refractivity contribution in [2.45, 2.75) is 19.4 Å². The second-order valence-corrected chi connectivity index (χ2v) is 7.99. The van der Waals surface area contributed by atoms with Crippen molar-refractivity contribution < 1.29 is 17.5 Å². The molecule has 1 aromatic rings. The number of sulfone groups is 1. The van der Waals surface area contributed by atoms with Gasteiger partial charge in [-0.3, -0.25) is 4.90 Å². The van der Waals surface area contributed by atoms with Crippen LogP contribution in [0.25, 0.3) is 0 Å². The molecule has 0 bridgehead atoms. The van der Waals surface area contributed by atoms with Gasteiger partial charge in [-0.15, -0.1) is 0 Å². The molecule has 1 fully saturated rings. The lowest BCUT2D eigenvalue weighted by Gasteiger charge is -2.32. The fourth-order valence-electron chi connectivity index (χ4n) is 2.92. The molecule has 2 rings (SSSR count). The Labute approximate surface area is 125 Å². The van der Waals surface area contributed by atoms with Gasteiger partial charge in [0.1, 0.15) is 9.84 Å². The first-order valence-corrected chi connectivity index (χ1v) is 9.16. The Kier molecular flexibility index (Phi) is 5.22. The number of hydrogen-bond donors (Lipinski definition) is 0. The van der Waals surface area contributed by atoms with Crippen molar-refractivity contribution in [2.75, 3.05) is 32.2 Å². The van der Waals surface area contributed by atoms with Crippen LogP contribution in [0.15, 0.2) is 18.2 Å². The second kappa shape index (κ2) is 6.75. The zero-order valence-electron chi connectivity index (χ0n) is 12.5. The molecule has 0 amide bonds. The fraction of sp³-hybridized carbons (Fsp3) is 0.600. The number of benzene rings is 1. The van der Waals surface area contributed by atoms with Gasteiger partial charge in [-0.25, -0.2) is 12.8 Å². The van der Waals surface area contributed by atoms with E-state index < -0.39 is 9.84 Å². The van der Waals surface area contributed by atoms with Crippen molar-refractivity contribution in [1.29, 1.82) is 0 Å². The van der Waals surface area contributed by atoms with Crippen LogP contribution in [0.5, 0.6) is 5.75 Å². The van der Waals surface area contributed by atoms with E-state index in [0.29, 0.717) is 6.54 Å². The Balaban J connectivity index is 1.99. The van der Waals surface area contributed by atoms with Crippen LogP contribution in [-0.2, 0) is 16.4 Å². The molecule has 6 heteroatoms. The molecule has 1 saturated heterocycles. The first-order chi connectivity index (χ1) is 9.87. The SMILES string of the molecule is COc1cc(CN2CCC[C@@H](CS(C)(=O)=O)C2)ccc1F. The number of methoxy groups -OCH3 is 1. The summed E-state index contributed by atoms with van der Waals surface area (Å²) in [5.41, 5.74) is 0.980. The number of halogens is 1. The zero-order chi connectivity index (χ0) is 15.5. The van der Waals surface area contributed by atoms with Gasteiger partial charge in [-0.05, 0) is 43.0 Å². The summed E-state index contributed by atoms with van der Waals surface area (Å²) in [7, 11) is -1.48. The first kappa shape index (κ1) is 16.2. The smallest absolute Gasteiger partial charge is 0.165 e. The van der Waals surface area contributed by atoms with Gasteiger partial charge in [0.15, 0.2) is 11.6 Å². The summed E-state index contributed by atoms with van der Waals surface area (Å²) in [6.07, 6.45) is 3.24. The highest BCUT2D eigenvalue weighted by atomic mass is 32.2. The highest BCUT2D eigenvalue weighted by Crippen LogP contribution is 2.23. The minimum atomic E-state index is -2.93. The molecule has 1 aliphatic heterocycles. The van der Waals surface area contributed by atoms with Crippen LogP contribution in [0.3, 0.4) is 0 Å². The number of likely N-dealkylation sites (tertiary alicyclic amines) is 1. The van der Waals surface area contributed by atoms with Gasteiger partial charge in [0.25, 0.3) is 0 Å². The summed E-state index contributed by atoms with van der Waals surface area (Å²) in [4.78, 5) is 2.23. The minimum absolute atomic E-state index is 0.191. The normalized spacial score (nSPS) is 20.4. The lowest BCUT2D eigenvalue weighted by atomic mass is 9.99. The van der Waals surface area contributed by atoms with Crippen molar-refractivity contribution in [2.24, 2.45) is 5.92 Å². The van der Waals surface area contributed by atoms with Crippen molar-refractivity contribution >= 4 is 9.84 Å². The zero-order valence-corrected chi connectivity index (χ0v) is 13.3. The van der Waals surface area contributed by atoms with E-state index in [4.69, 9.17) is 4.74 Å². The standard InChI is InChI=1S/C15H22FNO3S/c1-20-15-8-12(5-6-14(15)16)9-17-7-3-4-13(10-17)11-21(2,18)19/h5-6,8,13H,3-4,7,9-11H2,1-2H3/t13-/m1/s1. The molecule has 0 N–H and O–H groups in total. The quantitative estimate of drug-likeness (QED) is 0.835. The second-order valence-electron chi connectivity index (χ2n) is 5.80. The molecule has 1 aromatic carbocycles. The monoisotopic (exact) mass is 315 g/mol. The number of rotatable bonds is 5. The summed E-state index contributed by atoms with van der Waals surface area (Å²) in [6, 6.07) is 4.86. The number of nitrogens with zero attached hydrogens (tertiary/aromatic N) is 1. The number of ether oxygens (including phenoxy) is 1. The highest BCUT2D eigenvalue weighted by molar-refractivity contribution is 7.90. The molecule has 0 unspecified atom stereocenters. The van der Waals surface area contributed by atoms with Gasteiger partial charge in [-0.1, -0.05) is 6.07 Å². The van der Waals surface area contributed by atoms with E-state index in [0.717, 1.165) is 31.5 Å². The van der Waals surface area contributed by atoms with Crippen molar-refractivity contribution in [3.8, 4) is 5.75 Å². The van der Waals surface area contributed by atoms with Crippen LogP contribution in [0.4, 0.5) is 4.39 Å². The maximum Gasteiger partial charge on any atom is 0.165 e. The average molecular weight is 315 g/mol. The third-order valence-corrected chi connectivity index (χ3v) is 4.84. The predicted molar refractivity (Wildman–Crippen MR) is 80.7 cm³/mol. The van der Waals surface area contributed by atoms with Crippen LogP contribution in [-0.4, -0.2) is 45.5 Å².